The van der Waals surface area contributed by atoms with Crippen molar-refractivity contribution in [2.24, 2.45) is 46.8 Å². The second-order valence-corrected chi connectivity index (χ2v) is 12.7. The molecule has 3 nitrogen and oxygen atoms in total. The van der Waals surface area contributed by atoms with Crippen LogP contribution in [0.4, 0.5) is 0 Å². The normalized spacial score (nSPS) is 55.9. The van der Waals surface area contributed by atoms with Gasteiger partial charge in [0.25, 0.3) is 0 Å². The molecule has 2 N–H and O–H groups in total. The molecule has 168 valence electrons. The van der Waals surface area contributed by atoms with Gasteiger partial charge in [-0.25, -0.2) is 0 Å². The predicted molar refractivity (Wildman–Crippen MR) is 120 cm³/mol. The number of hydrogen-bond acceptors (Lipinski definition) is 3. The monoisotopic (exact) mass is 413 g/mol. The van der Waals surface area contributed by atoms with Gasteiger partial charge in [0, 0.05) is 19.1 Å². The van der Waals surface area contributed by atoms with Crippen molar-refractivity contribution < 1.29 is 10.2 Å². The fourth-order valence-electron chi connectivity index (χ4n) is 9.90. The first-order chi connectivity index (χ1) is 14.4. The van der Waals surface area contributed by atoms with Crippen molar-refractivity contribution in [1.29, 1.82) is 0 Å². The maximum atomic E-state index is 11.2. The van der Waals surface area contributed by atoms with E-state index in [1.54, 1.807) is 0 Å². The highest BCUT2D eigenvalue weighted by atomic mass is 16.3. The molecule has 0 amide bonds. The molecule has 6 rings (SSSR count). The highest BCUT2D eigenvalue weighted by Crippen LogP contribution is 2.66. The predicted octanol–water partition coefficient (Wildman–Crippen LogP) is 4.63. The van der Waals surface area contributed by atoms with Gasteiger partial charge < -0.3 is 10.2 Å². The first kappa shape index (κ1) is 20.2. The summed E-state index contributed by atoms with van der Waals surface area (Å²) in [7, 11) is 0. The Balaban J connectivity index is 1.32. The summed E-state index contributed by atoms with van der Waals surface area (Å²) < 4.78 is 0. The molecule has 30 heavy (non-hydrogen) atoms. The summed E-state index contributed by atoms with van der Waals surface area (Å²) in [5.41, 5.74) is 3.94. The minimum absolute atomic E-state index is 0.190. The van der Waals surface area contributed by atoms with Crippen molar-refractivity contribution in [2.45, 2.75) is 96.8 Å². The number of fused-ring (bicyclic) bond motifs is 7. The van der Waals surface area contributed by atoms with Gasteiger partial charge in [0.05, 0.1) is 12.2 Å². The summed E-state index contributed by atoms with van der Waals surface area (Å²) in [6, 6.07) is 0.795. The van der Waals surface area contributed by atoms with E-state index in [4.69, 9.17) is 0 Å². The van der Waals surface area contributed by atoms with Crippen LogP contribution in [0.25, 0.3) is 0 Å². The molecule has 0 radical (unpaired) electrons. The second kappa shape index (κ2) is 7.06. The van der Waals surface area contributed by atoms with E-state index in [1.807, 2.05) is 11.1 Å². The Labute approximate surface area is 183 Å². The van der Waals surface area contributed by atoms with Crippen LogP contribution in [0.3, 0.4) is 0 Å². The fourth-order valence-corrected chi connectivity index (χ4v) is 9.90. The molecule has 11 atom stereocenters. The second-order valence-electron chi connectivity index (χ2n) is 12.7. The van der Waals surface area contributed by atoms with Gasteiger partial charge in [-0.1, -0.05) is 31.9 Å². The summed E-state index contributed by atoms with van der Waals surface area (Å²) in [6.45, 7) is 10.0. The zero-order valence-electron chi connectivity index (χ0n) is 19.4. The molecule has 0 bridgehead atoms. The van der Waals surface area contributed by atoms with Crippen LogP contribution in [0, 0.1) is 46.8 Å². The molecule has 0 aromatic carbocycles. The summed E-state index contributed by atoms with van der Waals surface area (Å²) in [6.07, 6.45) is 10.4. The standard InChI is InChI=1S/C27H43NO2/c1-15-4-7-25-16(2)18-5-6-19-20(22(18)14-28(25)13-15)11-23-21(19)12-26(30)24-10-17(29)8-9-27(23,24)3/h15-17,19-21,23-26,29-30H,4-14H2,1-3H3/t15-,16-,17+,19-,20-,21+,23+,24-,25?,26-,27-/m1/s1. The molecule has 0 aromatic heterocycles. The number of rotatable bonds is 0. The van der Waals surface area contributed by atoms with Crippen LogP contribution in [0.5, 0.6) is 0 Å². The third-order valence-corrected chi connectivity index (χ3v) is 11.4. The maximum absolute atomic E-state index is 11.2. The molecule has 6 aliphatic rings. The lowest BCUT2D eigenvalue weighted by atomic mass is 9.51. The van der Waals surface area contributed by atoms with Gasteiger partial charge >= 0.3 is 0 Å². The molecule has 1 unspecified atom stereocenters. The fraction of sp³-hybridized carbons (Fsp3) is 0.926. The average Bonchev–Trinajstić information content (AvgIpc) is 3.09. The largest absolute Gasteiger partial charge is 0.393 e. The minimum atomic E-state index is -0.196. The van der Waals surface area contributed by atoms with E-state index in [1.165, 1.54) is 45.2 Å². The van der Waals surface area contributed by atoms with E-state index < -0.39 is 0 Å². The highest BCUT2D eigenvalue weighted by molar-refractivity contribution is 5.32. The van der Waals surface area contributed by atoms with Gasteiger partial charge in [-0.3, -0.25) is 4.90 Å². The Kier molecular flexibility index (Phi) is 4.76. The van der Waals surface area contributed by atoms with Gasteiger partial charge in [0.1, 0.15) is 0 Å². The average molecular weight is 414 g/mol. The van der Waals surface area contributed by atoms with Crippen LogP contribution >= 0.6 is 0 Å². The lowest BCUT2D eigenvalue weighted by Crippen LogP contribution is -2.53. The van der Waals surface area contributed by atoms with E-state index in [0.717, 1.165) is 61.3 Å². The van der Waals surface area contributed by atoms with Gasteiger partial charge in [0.2, 0.25) is 0 Å². The number of hydrogen-bond donors (Lipinski definition) is 2. The Morgan fingerprint density at radius 2 is 1.73 bits per heavy atom. The molecule has 0 spiro atoms. The number of aliphatic hydroxyl groups excluding tert-OH is 2. The summed E-state index contributed by atoms with van der Waals surface area (Å²) in [5.74, 6) is 4.97. The van der Waals surface area contributed by atoms with Crippen LogP contribution in [0.2, 0.25) is 0 Å². The molecular weight excluding hydrogens is 370 g/mol. The Morgan fingerprint density at radius 1 is 0.900 bits per heavy atom. The van der Waals surface area contributed by atoms with Gasteiger partial charge in [-0.05, 0) is 105 Å². The molecule has 1 saturated heterocycles. The maximum Gasteiger partial charge on any atom is 0.0577 e. The molecule has 4 aliphatic carbocycles. The zero-order valence-corrected chi connectivity index (χ0v) is 19.4. The van der Waals surface area contributed by atoms with E-state index in [9.17, 15) is 10.2 Å². The molecule has 0 aromatic rings. The number of piperidine rings is 1. The summed E-state index contributed by atoms with van der Waals surface area (Å²) >= 11 is 0. The van der Waals surface area contributed by atoms with E-state index in [2.05, 4.69) is 25.7 Å². The van der Waals surface area contributed by atoms with Gasteiger partial charge in [-0.15, -0.1) is 0 Å². The first-order valence-electron chi connectivity index (χ1n) is 13.2. The van der Waals surface area contributed by atoms with Gasteiger partial charge in [-0.2, -0.15) is 0 Å². The van der Waals surface area contributed by atoms with Crippen molar-refractivity contribution in [3.8, 4) is 0 Å². The smallest absolute Gasteiger partial charge is 0.0577 e. The van der Waals surface area contributed by atoms with Crippen molar-refractivity contribution in [1.82, 2.24) is 4.90 Å². The first-order valence-corrected chi connectivity index (χ1v) is 13.2. The number of aliphatic hydroxyl groups is 2. The topological polar surface area (TPSA) is 43.7 Å². The molecule has 2 aliphatic heterocycles. The Hall–Kier alpha value is -0.380. The van der Waals surface area contributed by atoms with E-state index in [-0.39, 0.29) is 17.6 Å². The molecule has 2 heterocycles. The van der Waals surface area contributed by atoms with Crippen LogP contribution in [0.15, 0.2) is 11.1 Å². The zero-order chi connectivity index (χ0) is 20.8. The number of nitrogens with zero attached hydrogens (tertiary/aromatic N) is 1. The Bertz CT molecular complexity index is 732. The van der Waals surface area contributed by atoms with E-state index in [0.29, 0.717) is 11.8 Å². The lowest BCUT2D eigenvalue weighted by Gasteiger charge is -2.55. The molecule has 3 heteroatoms. The van der Waals surface area contributed by atoms with Crippen LogP contribution < -0.4 is 0 Å². The van der Waals surface area contributed by atoms with E-state index >= 15 is 0 Å². The minimum Gasteiger partial charge on any atom is -0.393 e. The van der Waals surface area contributed by atoms with Crippen LogP contribution in [-0.4, -0.2) is 46.5 Å². The van der Waals surface area contributed by atoms with Crippen LogP contribution in [0.1, 0.15) is 78.6 Å². The third kappa shape index (κ3) is 2.80. The summed E-state index contributed by atoms with van der Waals surface area (Å²) in [4.78, 5) is 2.86. The molecular formula is C27H43NO2. The quantitative estimate of drug-likeness (QED) is 0.569. The summed E-state index contributed by atoms with van der Waals surface area (Å²) in [5, 5.41) is 21.5. The van der Waals surface area contributed by atoms with Crippen molar-refractivity contribution >= 4 is 0 Å². The highest BCUT2D eigenvalue weighted by Gasteiger charge is 2.61. The van der Waals surface area contributed by atoms with Gasteiger partial charge in [0.15, 0.2) is 0 Å². The van der Waals surface area contributed by atoms with Crippen molar-refractivity contribution in [2.75, 3.05) is 13.1 Å². The van der Waals surface area contributed by atoms with Crippen LogP contribution in [-0.2, 0) is 0 Å². The van der Waals surface area contributed by atoms with Crippen molar-refractivity contribution in [3.05, 3.63) is 11.1 Å². The lowest BCUT2D eigenvalue weighted by molar-refractivity contribution is -0.129. The SMILES string of the molecule is C[C@@H]1CCC2[C@H](C)C3=C(CN2C1)[C@@H]1C[C@H]2[C@@H](C[C@@H](O)[C@H]4C[C@@H](O)CC[C@@]42C)[C@@H]1CC3. The Morgan fingerprint density at radius 3 is 2.57 bits per heavy atom. The molecule has 4 fully saturated rings. The molecule has 3 saturated carbocycles. The van der Waals surface area contributed by atoms with Crippen molar-refractivity contribution in [3.63, 3.8) is 0 Å². The third-order valence-electron chi connectivity index (χ3n) is 11.4.